The van der Waals surface area contributed by atoms with E-state index in [-0.39, 0.29) is 25.2 Å². The van der Waals surface area contributed by atoms with Gasteiger partial charge >= 0.3 is 11.9 Å². The first-order valence-electron chi connectivity index (χ1n) is 21.2. The molecule has 5 nitrogen and oxygen atoms in total. The van der Waals surface area contributed by atoms with Crippen LogP contribution in [0.4, 0.5) is 0 Å². The number of rotatable bonds is 39. The van der Waals surface area contributed by atoms with Gasteiger partial charge in [-0.1, -0.05) is 193 Å². The molecule has 0 radical (unpaired) electrons. The number of hydrogen-bond acceptors (Lipinski definition) is 5. The van der Waals surface area contributed by atoms with Crippen molar-refractivity contribution in [1.82, 2.24) is 0 Å². The highest BCUT2D eigenvalue weighted by molar-refractivity contribution is 5.70. The highest BCUT2D eigenvalue weighted by atomic mass is 16.6. The van der Waals surface area contributed by atoms with Crippen LogP contribution in [0.15, 0.2) is 12.2 Å². The number of carbonyl (C=O) groups is 2. The lowest BCUT2D eigenvalue weighted by Gasteiger charge is -2.15. The molecular formula is C43H82O5. The van der Waals surface area contributed by atoms with Gasteiger partial charge in [-0.15, -0.1) is 0 Å². The van der Waals surface area contributed by atoms with Gasteiger partial charge in [0.25, 0.3) is 0 Å². The Labute approximate surface area is 299 Å². The molecule has 0 aromatic heterocycles. The fourth-order valence-electron chi connectivity index (χ4n) is 6.31. The summed E-state index contributed by atoms with van der Waals surface area (Å²) in [5.41, 5.74) is 0. The highest BCUT2D eigenvalue weighted by Crippen LogP contribution is 2.16. The van der Waals surface area contributed by atoms with Crippen molar-refractivity contribution >= 4 is 11.9 Å². The van der Waals surface area contributed by atoms with E-state index in [1.54, 1.807) is 0 Å². The summed E-state index contributed by atoms with van der Waals surface area (Å²) in [6.07, 6.45) is 45.7. The van der Waals surface area contributed by atoms with E-state index < -0.39 is 6.10 Å². The largest absolute Gasteiger partial charge is 0.462 e. The number of esters is 2. The summed E-state index contributed by atoms with van der Waals surface area (Å²) < 4.78 is 10.6. The van der Waals surface area contributed by atoms with Gasteiger partial charge in [0.1, 0.15) is 6.61 Å². The van der Waals surface area contributed by atoms with Crippen LogP contribution in [0.3, 0.4) is 0 Å². The summed E-state index contributed by atoms with van der Waals surface area (Å²) in [6.45, 7) is 4.14. The predicted molar refractivity (Wildman–Crippen MR) is 205 cm³/mol. The van der Waals surface area contributed by atoms with Gasteiger partial charge in [0.2, 0.25) is 0 Å². The number of allylic oxidation sites excluding steroid dienone is 2. The maximum Gasteiger partial charge on any atom is 0.306 e. The molecule has 0 spiro atoms. The van der Waals surface area contributed by atoms with Crippen molar-refractivity contribution in [2.24, 2.45) is 0 Å². The molecule has 0 fully saturated rings. The topological polar surface area (TPSA) is 72.8 Å². The van der Waals surface area contributed by atoms with E-state index in [4.69, 9.17) is 9.47 Å². The van der Waals surface area contributed by atoms with Crippen LogP contribution >= 0.6 is 0 Å². The molecule has 0 unspecified atom stereocenters. The Hall–Kier alpha value is -1.36. The maximum atomic E-state index is 12.2. The molecule has 48 heavy (non-hydrogen) atoms. The van der Waals surface area contributed by atoms with Gasteiger partial charge in [0.05, 0.1) is 6.61 Å². The Bertz CT molecular complexity index is 691. The minimum atomic E-state index is -0.768. The third kappa shape index (κ3) is 37.5. The summed E-state index contributed by atoms with van der Waals surface area (Å²) >= 11 is 0. The molecule has 0 aromatic carbocycles. The van der Waals surface area contributed by atoms with Crippen LogP contribution in [-0.2, 0) is 19.1 Å². The molecule has 0 aromatic rings. The van der Waals surface area contributed by atoms with Crippen LogP contribution in [0.1, 0.15) is 232 Å². The number of unbranched alkanes of at least 4 members (excludes halogenated alkanes) is 29. The first-order valence-corrected chi connectivity index (χ1v) is 21.2. The number of aliphatic hydroxyl groups is 1. The third-order valence-corrected chi connectivity index (χ3v) is 9.56. The highest BCUT2D eigenvalue weighted by Gasteiger charge is 2.16. The summed E-state index contributed by atoms with van der Waals surface area (Å²) in [5.74, 6) is -0.589. The van der Waals surface area contributed by atoms with E-state index >= 15 is 0 Å². The van der Waals surface area contributed by atoms with Gasteiger partial charge in [-0.05, 0) is 38.5 Å². The standard InChI is InChI=1S/C43H82O5/c1-3-5-7-9-11-13-15-17-18-19-20-21-22-23-24-26-28-30-32-34-36-38-43(46)48-41(39-44)40-47-42(45)37-35-33-31-29-27-25-16-14-12-10-8-6-4-2/h14,16,41,44H,3-13,15,17-40H2,1-2H3/t41-/m0/s1. The molecule has 0 aliphatic heterocycles. The van der Waals surface area contributed by atoms with E-state index in [1.165, 1.54) is 161 Å². The third-order valence-electron chi connectivity index (χ3n) is 9.56. The quantitative estimate of drug-likeness (QED) is 0.0398. The summed E-state index contributed by atoms with van der Waals surface area (Å²) in [6, 6.07) is 0. The fraction of sp³-hybridized carbons (Fsp3) is 0.907. The van der Waals surface area contributed by atoms with E-state index in [2.05, 4.69) is 26.0 Å². The number of carbonyl (C=O) groups excluding carboxylic acids is 2. The second-order valence-electron chi connectivity index (χ2n) is 14.4. The second kappa shape index (κ2) is 40.1. The molecule has 284 valence electrons. The van der Waals surface area contributed by atoms with Crippen molar-refractivity contribution in [3.05, 3.63) is 12.2 Å². The average molecular weight is 679 g/mol. The summed E-state index contributed by atoms with van der Waals surface area (Å²) in [4.78, 5) is 24.3. The smallest absolute Gasteiger partial charge is 0.306 e. The Morgan fingerprint density at radius 2 is 0.771 bits per heavy atom. The number of ether oxygens (including phenoxy) is 2. The van der Waals surface area contributed by atoms with Crippen molar-refractivity contribution in [1.29, 1.82) is 0 Å². The van der Waals surface area contributed by atoms with Gasteiger partial charge < -0.3 is 14.6 Å². The molecule has 0 saturated carbocycles. The average Bonchev–Trinajstić information content (AvgIpc) is 3.09. The molecule has 0 bridgehead atoms. The zero-order valence-electron chi connectivity index (χ0n) is 32.3. The zero-order chi connectivity index (χ0) is 35.0. The van der Waals surface area contributed by atoms with Gasteiger partial charge in [-0.25, -0.2) is 0 Å². The van der Waals surface area contributed by atoms with Crippen LogP contribution in [0, 0.1) is 0 Å². The van der Waals surface area contributed by atoms with Gasteiger partial charge in [-0.3, -0.25) is 9.59 Å². The number of hydrogen-bond donors (Lipinski definition) is 1. The van der Waals surface area contributed by atoms with Crippen LogP contribution in [-0.4, -0.2) is 36.4 Å². The summed E-state index contributed by atoms with van der Waals surface area (Å²) in [5, 5.41) is 9.56. The first kappa shape index (κ1) is 46.6. The second-order valence-corrected chi connectivity index (χ2v) is 14.4. The van der Waals surface area contributed by atoms with Crippen LogP contribution in [0.5, 0.6) is 0 Å². The van der Waals surface area contributed by atoms with Crippen molar-refractivity contribution in [2.45, 2.75) is 238 Å². The fourth-order valence-corrected chi connectivity index (χ4v) is 6.31. The Balaban J connectivity index is 3.47. The monoisotopic (exact) mass is 679 g/mol. The molecule has 0 rings (SSSR count). The van der Waals surface area contributed by atoms with E-state index in [0.29, 0.717) is 12.8 Å². The minimum absolute atomic E-state index is 0.0643. The molecule has 0 saturated heterocycles. The number of aliphatic hydroxyl groups excluding tert-OH is 1. The Morgan fingerprint density at radius 3 is 1.15 bits per heavy atom. The van der Waals surface area contributed by atoms with Crippen molar-refractivity contribution in [3.8, 4) is 0 Å². The normalized spacial score (nSPS) is 12.1. The zero-order valence-corrected chi connectivity index (χ0v) is 32.3. The molecule has 5 heteroatoms. The van der Waals surface area contributed by atoms with E-state index in [0.717, 1.165) is 44.9 Å². The van der Waals surface area contributed by atoms with Crippen LogP contribution < -0.4 is 0 Å². The molecule has 1 atom stereocenters. The van der Waals surface area contributed by atoms with Gasteiger partial charge in [-0.2, -0.15) is 0 Å². The van der Waals surface area contributed by atoms with Crippen molar-refractivity contribution in [3.63, 3.8) is 0 Å². The van der Waals surface area contributed by atoms with Crippen LogP contribution in [0.25, 0.3) is 0 Å². The minimum Gasteiger partial charge on any atom is -0.462 e. The lowest BCUT2D eigenvalue weighted by molar-refractivity contribution is -0.161. The summed E-state index contributed by atoms with van der Waals surface area (Å²) in [7, 11) is 0. The van der Waals surface area contributed by atoms with Crippen LogP contribution in [0.2, 0.25) is 0 Å². The first-order chi connectivity index (χ1) is 23.6. The van der Waals surface area contributed by atoms with Gasteiger partial charge in [0, 0.05) is 12.8 Å². The molecule has 1 N–H and O–H groups in total. The molecule has 0 aliphatic carbocycles. The van der Waals surface area contributed by atoms with Crippen molar-refractivity contribution < 1.29 is 24.2 Å². The van der Waals surface area contributed by atoms with Crippen molar-refractivity contribution in [2.75, 3.05) is 13.2 Å². The van der Waals surface area contributed by atoms with E-state index in [9.17, 15) is 14.7 Å². The molecule has 0 heterocycles. The lowest BCUT2D eigenvalue weighted by Crippen LogP contribution is -2.28. The Kier molecular flexibility index (Phi) is 38.9. The van der Waals surface area contributed by atoms with E-state index in [1.807, 2.05) is 0 Å². The Morgan fingerprint density at radius 1 is 0.458 bits per heavy atom. The molecule has 0 amide bonds. The van der Waals surface area contributed by atoms with Gasteiger partial charge in [0.15, 0.2) is 6.10 Å². The molecular weight excluding hydrogens is 596 g/mol. The lowest BCUT2D eigenvalue weighted by atomic mass is 10.0. The predicted octanol–water partition coefficient (Wildman–Crippen LogP) is 13.3. The maximum absolute atomic E-state index is 12.2. The SMILES string of the molecule is CCCCCCC=CCCCCCCCC(=O)OC[C@H](CO)OC(=O)CCCCCCCCCCCCCCCCCCCCCCC. The molecule has 0 aliphatic rings.